The molecule has 1 aliphatic carbocycles. The lowest BCUT2D eigenvalue weighted by Crippen LogP contribution is -2.40. The molecule has 0 aromatic carbocycles. The molecule has 2 aromatic rings. The lowest BCUT2D eigenvalue weighted by molar-refractivity contribution is 0.236. The van der Waals surface area contributed by atoms with Crippen LogP contribution in [0.4, 0.5) is 10.2 Å². The molecule has 0 saturated carbocycles. The number of allylic oxidation sites excluding steroid dienone is 2. The lowest BCUT2D eigenvalue weighted by atomic mass is 10.0. The molecule has 0 bridgehead atoms. The fourth-order valence-corrected chi connectivity index (χ4v) is 4.52. The number of piperidine rings is 1. The maximum absolute atomic E-state index is 13.4. The van der Waals surface area contributed by atoms with Crippen molar-refractivity contribution in [2.45, 2.75) is 31.7 Å². The maximum Gasteiger partial charge on any atom is 0.138 e. The van der Waals surface area contributed by atoms with Gasteiger partial charge >= 0.3 is 0 Å². The summed E-state index contributed by atoms with van der Waals surface area (Å²) in [6.45, 7) is 2.85. The maximum atomic E-state index is 13.4. The van der Waals surface area contributed by atoms with Gasteiger partial charge in [-0.3, -0.25) is 4.90 Å². The van der Waals surface area contributed by atoms with E-state index in [2.05, 4.69) is 26.3 Å². The number of anilines is 1. The van der Waals surface area contributed by atoms with E-state index in [1.807, 2.05) is 6.07 Å². The van der Waals surface area contributed by atoms with E-state index in [9.17, 15) is 4.39 Å². The first-order valence-electron chi connectivity index (χ1n) is 8.61. The Morgan fingerprint density at radius 2 is 2.16 bits per heavy atom. The topological polar surface area (TPSA) is 41.0 Å². The molecule has 0 radical (unpaired) electrons. The Labute approximate surface area is 155 Å². The fourth-order valence-electron chi connectivity index (χ4n) is 3.47. The zero-order chi connectivity index (χ0) is 17.2. The zero-order valence-corrected chi connectivity index (χ0v) is 15.4. The minimum absolute atomic E-state index is 0.0104. The van der Waals surface area contributed by atoms with Gasteiger partial charge in [-0.2, -0.15) is 0 Å². The second-order valence-electron chi connectivity index (χ2n) is 6.60. The van der Waals surface area contributed by atoms with Gasteiger partial charge in [-0.25, -0.2) is 14.4 Å². The Morgan fingerprint density at radius 3 is 2.96 bits per heavy atom. The number of hydrogen-bond donors (Lipinski definition) is 1. The standard InChI is InChI=1S/C18H20ClFN4S/c19-16-9-15-17(21-11-22-18(15)25-16)23-14-4-6-24(7-5-14)10-12-2-1-3-13(20)8-12/h2,8-9,11,14H,1,3-7,10H2,(H,21,22,23). The van der Waals surface area contributed by atoms with Crippen LogP contribution in [0.1, 0.15) is 25.7 Å². The predicted octanol–water partition coefficient (Wildman–Crippen LogP) is 4.79. The molecule has 4 nitrogen and oxygen atoms in total. The normalized spacial score (nSPS) is 19.8. The van der Waals surface area contributed by atoms with Crippen molar-refractivity contribution >= 4 is 39.0 Å². The van der Waals surface area contributed by atoms with Crippen molar-refractivity contribution in [1.29, 1.82) is 0 Å². The summed E-state index contributed by atoms with van der Waals surface area (Å²) in [6, 6.07) is 2.32. The smallest absolute Gasteiger partial charge is 0.138 e. The molecule has 7 heteroatoms. The van der Waals surface area contributed by atoms with Gasteiger partial charge in [0.25, 0.3) is 0 Å². The summed E-state index contributed by atoms with van der Waals surface area (Å²) in [7, 11) is 0. The van der Waals surface area contributed by atoms with Crippen LogP contribution in [0.15, 0.2) is 35.9 Å². The summed E-state index contributed by atoms with van der Waals surface area (Å²) in [4.78, 5) is 12.0. The third-order valence-corrected chi connectivity index (χ3v) is 5.94. The highest BCUT2D eigenvalue weighted by Crippen LogP contribution is 2.32. The molecule has 1 fully saturated rings. The van der Waals surface area contributed by atoms with Crippen molar-refractivity contribution < 1.29 is 4.39 Å². The number of nitrogens with zero attached hydrogens (tertiary/aromatic N) is 3. The number of aromatic nitrogens is 2. The Kier molecular flexibility index (Phi) is 5.01. The van der Waals surface area contributed by atoms with Gasteiger partial charge in [-0.1, -0.05) is 17.7 Å². The number of rotatable bonds is 4. The number of nitrogens with one attached hydrogen (secondary N) is 1. The highest BCUT2D eigenvalue weighted by molar-refractivity contribution is 7.22. The molecule has 0 spiro atoms. The predicted molar refractivity (Wildman–Crippen MR) is 102 cm³/mol. The Hall–Kier alpha value is -1.50. The van der Waals surface area contributed by atoms with Crippen LogP contribution in [0.25, 0.3) is 10.2 Å². The molecule has 1 N–H and O–H groups in total. The molecule has 25 heavy (non-hydrogen) atoms. The number of thiophene rings is 1. The molecule has 132 valence electrons. The Balaban J connectivity index is 1.35. The van der Waals surface area contributed by atoms with Crippen molar-refractivity contribution in [2.75, 3.05) is 25.0 Å². The number of halogens is 2. The van der Waals surface area contributed by atoms with Crippen LogP contribution in [0.2, 0.25) is 4.34 Å². The molecule has 2 aliphatic rings. The molecular formula is C18H20ClFN4S. The third kappa shape index (κ3) is 4.02. The first-order valence-corrected chi connectivity index (χ1v) is 9.81. The van der Waals surface area contributed by atoms with Crippen LogP contribution in [-0.4, -0.2) is 40.5 Å². The first kappa shape index (κ1) is 16.9. The summed E-state index contributed by atoms with van der Waals surface area (Å²) in [6.07, 6.45) is 8.91. The van der Waals surface area contributed by atoms with Crippen molar-refractivity contribution in [3.63, 3.8) is 0 Å². The Morgan fingerprint density at radius 1 is 1.32 bits per heavy atom. The van der Waals surface area contributed by atoms with Crippen molar-refractivity contribution in [3.8, 4) is 0 Å². The van der Waals surface area contributed by atoms with Crippen LogP contribution in [0.3, 0.4) is 0 Å². The summed E-state index contributed by atoms with van der Waals surface area (Å²) in [5.74, 6) is 0.878. The molecule has 2 aromatic heterocycles. The van der Waals surface area contributed by atoms with E-state index in [-0.39, 0.29) is 5.83 Å². The highest BCUT2D eigenvalue weighted by Gasteiger charge is 2.21. The first-order chi connectivity index (χ1) is 12.2. The van der Waals surface area contributed by atoms with E-state index in [4.69, 9.17) is 11.6 Å². The monoisotopic (exact) mass is 378 g/mol. The average Bonchev–Trinajstić information content (AvgIpc) is 2.98. The van der Waals surface area contributed by atoms with E-state index in [1.54, 1.807) is 12.4 Å². The van der Waals surface area contributed by atoms with Gasteiger partial charge < -0.3 is 5.32 Å². The summed E-state index contributed by atoms with van der Waals surface area (Å²) >= 11 is 7.57. The van der Waals surface area contributed by atoms with Crippen LogP contribution < -0.4 is 5.32 Å². The minimum atomic E-state index is 0.0104. The Bertz CT molecular complexity index is 824. The number of fused-ring (bicyclic) bond motifs is 1. The zero-order valence-electron chi connectivity index (χ0n) is 13.8. The molecule has 0 unspecified atom stereocenters. The summed E-state index contributed by atoms with van der Waals surface area (Å²) in [5, 5.41) is 4.55. The largest absolute Gasteiger partial charge is 0.367 e. The van der Waals surface area contributed by atoms with E-state index in [1.165, 1.54) is 11.3 Å². The number of hydrogen-bond acceptors (Lipinski definition) is 5. The van der Waals surface area contributed by atoms with Gasteiger partial charge in [0.1, 0.15) is 22.8 Å². The van der Waals surface area contributed by atoms with Gasteiger partial charge in [0.15, 0.2) is 0 Å². The van der Waals surface area contributed by atoms with E-state index in [0.29, 0.717) is 12.5 Å². The average molecular weight is 379 g/mol. The molecule has 1 aliphatic heterocycles. The van der Waals surface area contributed by atoms with Crippen molar-refractivity contribution in [1.82, 2.24) is 14.9 Å². The summed E-state index contributed by atoms with van der Waals surface area (Å²) in [5.41, 5.74) is 1.11. The summed E-state index contributed by atoms with van der Waals surface area (Å²) < 4.78 is 14.1. The molecule has 0 atom stereocenters. The van der Waals surface area contributed by atoms with Gasteiger partial charge in [0.2, 0.25) is 0 Å². The van der Waals surface area contributed by atoms with Crippen LogP contribution >= 0.6 is 22.9 Å². The van der Waals surface area contributed by atoms with Gasteiger partial charge in [-0.05, 0) is 37.0 Å². The highest BCUT2D eigenvalue weighted by atomic mass is 35.5. The number of likely N-dealkylation sites (tertiary alicyclic amines) is 1. The van der Waals surface area contributed by atoms with Crippen LogP contribution in [-0.2, 0) is 0 Å². The minimum Gasteiger partial charge on any atom is -0.367 e. The van der Waals surface area contributed by atoms with E-state index in [0.717, 1.165) is 64.8 Å². The van der Waals surface area contributed by atoms with Gasteiger partial charge in [0.05, 0.1) is 9.72 Å². The van der Waals surface area contributed by atoms with Crippen LogP contribution in [0.5, 0.6) is 0 Å². The van der Waals surface area contributed by atoms with Crippen LogP contribution in [0, 0.1) is 0 Å². The van der Waals surface area contributed by atoms with Gasteiger partial charge in [-0.15, -0.1) is 11.3 Å². The second kappa shape index (κ2) is 7.40. The van der Waals surface area contributed by atoms with E-state index >= 15 is 0 Å². The quantitative estimate of drug-likeness (QED) is 0.830. The molecular weight excluding hydrogens is 359 g/mol. The van der Waals surface area contributed by atoms with Crippen molar-refractivity contribution in [2.24, 2.45) is 0 Å². The molecule has 3 heterocycles. The second-order valence-corrected chi connectivity index (χ2v) is 8.26. The molecule has 1 saturated heterocycles. The third-order valence-electron chi connectivity index (χ3n) is 4.77. The van der Waals surface area contributed by atoms with E-state index < -0.39 is 0 Å². The fraction of sp³-hybridized carbons (Fsp3) is 0.444. The lowest BCUT2D eigenvalue weighted by Gasteiger charge is -2.33. The molecule has 4 rings (SSSR count). The SMILES string of the molecule is FC1=CC(CN2CCC(Nc3ncnc4sc(Cl)cc34)CC2)=CCC1. The van der Waals surface area contributed by atoms with Crippen molar-refractivity contribution in [3.05, 3.63) is 40.3 Å². The van der Waals surface area contributed by atoms with Gasteiger partial charge in [0, 0.05) is 32.1 Å². The molecule has 0 amide bonds.